The van der Waals surface area contributed by atoms with Gasteiger partial charge in [-0.15, -0.1) is 0 Å². The maximum atomic E-state index is 13.2. The van der Waals surface area contributed by atoms with E-state index in [9.17, 15) is 18.0 Å². The predicted octanol–water partition coefficient (Wildman–Crippen LogP) is 4.21. The predicted molar refractivity (Wildman–Crippen MR) is 91.8 cm³/mol. The van der Waals surface area contributed by atoms with Crippen molar-refractivity contribution in [3.8, 4) is 0 Å². The van der Waals surface area contributed by atoms with Crippen molar-refractivity contribution in [3.05, 3.63) is 48.1 Å². The molecule has 3 saturated carbocycles. The number of hydrogen-bond acceptors (Lipinski definition) is 2. The molecule has 5 nitrogen and oxygen atoms in total. The Morgan fingerprint density at radius 3 is 2.56 bits per heavy atom. The number of aromatic nitrogens is 1. The van der Waals surface area contributed by atoms with E-state index in [1.54, 1.807) is 12.4 Å². The minimum absolute atomic E-state index is 0.0540. The van der Waals surface area contributed by atoms with Crippen molar-refractivity contribution in [2.45, 2.75) is 37.1 Å². The Balaban J connectivity index is 1.49. The van der Waals surface area contributed by atoms with E-state index in [4.69, 9.17) is 6.57 Å². The van der Waals surface area contributed by atoms with Gasteiger partial charge in [-0.1, -0.05) is 24.3 Å². The Morgan fingerprint density at radius 1 is 1.19 bits per heavy atom. The van der Waals surface area contributed by atoms with E-state index in [0.29, 0.717) is 5.69 Å². The van der Waals surface area contributed by atoms with Crippen LogP contribution in [0, 0.1) is 12.0 Å². The molecule has 1 saturated heterocycles. The number of nitrogens with zero attached hydrogens (tertiary/aromatic N) is 4. The van der Waals surface area contributed by atoms with Crippen LogP contribution in [0.5, 0.6) is 0 Å². The first kappa shape index (κ1) is 16.4. The molecule has 2 heterocycles. The second-order valence-corrected chi connectivity index (χ2v) is 7.79. The van der Waals surface area contributed by atoms with Crippen molar-refractivity contribution >= 4 is 22.5 Å². The number of rotatable bonds is 2. The fourth-order valence-corrected chi connectivity index (χ4v) is 4.95. The highest BCUT2D eigenvalue weighted by atomic mass is 19.4. The summed E-state index contributed by atoms with van der Waals surface area (Å²) in [6, 6.07) is 7.01. The molecule has 2 bridgehead atoms. The molecular formula is C19H15F3N4O. The molecular weight excluding hydrogens is 357 g/mol. The number of amides is 2. The number of fused-ring (bicyclic) bond motifs is 1. The third-order valence-electron chi connectivity index (χ3n) is 6.31. The van der Waals surface area contributed by atoms with Gasteiger partial charge in [-0.25, -0.2) is 16.3 Å². The first-order chi connectivity index (χ1) is 12.8. The van der Waals surface area contributed by atoms with Gasteiger partial charge >= 0.3 is 18.4 Å². The van der Waals surface area contributed by atoms with Gasteiger partial charge in [-0.05, 0) is 19.3 Å². The molecule has 8 heteroatoms. The number of carbonyl (C=O) groups excluding carboxylic acids is 1. The molecule has 2 amide bonds. The van der Waals surface area contributed by atoms with Gasteiger partial charge in [0, 0.05) is 22.5 Å². The summed E-state index contributed by atoms with van der Waals surface area (Å²) < 4.78 is 39.5. The van der Waals surface area contributed by atoms with E-state index in [0.717, 1.165) is 10.8 Å². The molecule has 4 aliphatic rings. The van der Waals surface area contributed by atoms with Gasteiger partial charge in [0.1, 0.15) is 6.54 Å². The molecule has 1 atom stereocenters. The highest BCUT2D eigenvalue weighted by Crippen LogP contribution is 2.75. The number of anilines is 1. The fraction of sp³-hybridized carbons (Fsp3) is 0.421. The van der Waals surface area contributed by atoms with E-state index < -0.39 is 29.3 Å². The standard InChI is InChI=1S/C19H15F3N4O/c1-23-15-8-25(18-9-17(10-18,11-18)19(20,21)22)16(27)26(15)14-7-24-6-12-4-2-3-5-13(12)14/h2-7,15H,8-11H2. The Labute approximate surface area is 153 Å². The Morgan fingerprint density at radius 2 is 1.89 bits per heavy atom. The highest BCUT2D eigenvalue weighted by molar-refractivity contribution is 6.04. The molecule has 1 aliphatic heterocycles. The van der Waals surface area contributed by atoms with Gasteiger partial charge < -0.3 is 4.90 Å². The summed E-state index contributed by atoms with van der Waals surface area (Å²) in [6.07, 6.45) is -1.93. The molecule has 27 heavy (non-hydrogen) atoms. The quantitative estimate of drug-likeness (QED) is 0.741. The molecule has 138 valence electrons. The lowest BCUT2D eigenvalue weighted by Crippen LogP contribution is -2.79. The maximum Gasteiger partial charge on any atom is 0.394 e. The first-order valence-corrected chi connectivity index (χ1v) is 8.67. The largest absolute Gasteiger partial charge is 0.394 e. The first-order valence-electron chi connectivity index (χ1n) is 8.67. The summed E-state index contributed by atoms with van der Waals surface area (Å²) in [7, 11) is 0. The molecule has 3 aliphatic carbocycles. The van der Waals surface area contributed by atoms with Crippen LogP contribution >= 0.6 is 0 Å². The van der Waals surface area contributed by atoms with Gasteiger partial charge in [0.15, 0.2) is 0 Å². The Kier molecular flexibility index (Phi) is 2.98. The zero-order chi connectivity index (χ0) is 19.0. The van der Waals surface area contributed by atoms with Crippen LogP contribution in [0.1, 0.15) is 19.3 Å². The minimum atomic E-state index is -4.23. The number of pyridine rings is 1. The van der Waals surface area contributed by atoms with E-state index in [-0.39, 0.29) is 25.8 Å². The summed E-state index contributed by atoms with van der Waals surface area (Å²) in [4.78, 5) is 23.8. The molecule has 0 spiro atoms. The van der Waals surface area contributed by atoms with Crippen molar-refractivity contribution in [2.24, 2.45) is 5.41 Å². The lowest BCUT2D eigenvalue weighted by atomic mass is 9.38. The average Bonchev–Trinajstić information content (AvgIpc) is 2.87. The zero-order valence-electron chi connectivity index (χ0n) is 14.2. The average molecular weight is 372 g/mol. The van der Waals surface area contributed by atoms with Crippen LogP contribution in [0.25, 0.3) is 15.6 Å². The second-order valence-electron chi connectivity index (χ2n) is 7.79. The van der Waals surface area contributed by atoms with E-state index >= 15 is 0 Å². The molecule has 0 radical (unpaired) electrons. The fourth-order valence-electron chi connectivity index (χ4n) is 4.95. The topological polar surface area (TPSA) is 40.8 Å². The van der Waals surface area contributed by atoms with Gasteiger partial charge in [-0.3, -0.25) is 9.83 Å². The van der Waals surface area contributed by atoms with Crippen LogP contribution in [0.2, 0.25) is 0 Å². The summed E-state index contributed by atoms with van der Waals surface area (Å²) in [5.41, 5.74) is -1.85. The summed E-state index contributed by atoms with van der Waals surface area (Å²) in [5.74, 6) is 0. The van der Waals surface area contributed by atoms with E-state index in [1.165, 1.54) is 9.80 Å². The smallest absolute Gasteiger partial charge is 0.308 e. The van der Waals surface area contributed by atoms with Gasteiger partial charge in [-0.2, -0.15) is 13.2 Å². The number of halogens is 3. The van der Waals surface area contributed by atoms with Gasteiger partial charge in [0.2, 0.25) is 0 Å². The molecule has 2 aromatic rings. The van der Waals surface area contributed by atoms with E-state index in [1.807, 2.05) is 24.3 Å². The summed E-state index contributed by atoms with van der Waals surface area (Å²) >= 11 is 0. The Hall–Kier alpha value is -2.82. The maximum absolute atomic E-state index is 13.2. The number of benzene rings is 1. The van der Waals surface area contributed by atoms with Gasteiger partial charge in [0.25, 0.3) is 0 Å². The molecule has 4 fully saturated rings. The lowest BCUT2D eigenvalue weighted by molar-refractivity contribution is -0.354. The third kappa shape index (κ3) is 1.94. The molecule has 6 rings (SSSR count). The summed E-state index contributed by atoms with van der Waals surface area (Å²) in [5, 5.41) is 1.63. The van der Waals surface area contributed by atoms with Gasteiger partial charge in [0.05, 0.1) is 17.3 Å². The molecule has 0 N–H and O–H groups in total. The van der Waals surface area contributed by atoms with Crippen molar-refractivity contribution < 1.29 is 18.0 Å². The van der Waals surface area contributed by atoms with E-state index in [2.05, 4.69) is 9.83 Å². The number of carbonyl (C=O) groups is 1. The van der Waals surface area contributed by atoms with Crippen LogP contribution in [-0.4, -0.2) is 40.3 Å². The second kappa shape index (κ2) is 4.91. The van der Waals surface area contributed by atoms with Crippen molar-refractivity contribution in [2.75, 3.05) is 11.4 Å². The van der Waals surface area contributed by atoms with Crippen molar-refractivity contribution in [1.82, 2.24) is 9.88 Å². The zero-order valence-corrected chi connectivity index (χ0v) is 14.2. The van der Waals surface area contributed by atoms with Crippen LogP contribution < -0.4 is 4.90 Å². The molecule has 1 unspecified atom stereocenters. The van der Waals surface area contributed by atoms with Crippen LogP contribution in [-0.2, 0) is 0 Å². The number of urea groups is 1. The number of hydrogen-bond donors (Lipinski definition) is 0. The number of alkyl halides is 3. The SMILES string of the molecule is [C-]#[N+]C1CN(C23CC(C(F)(F)F)(C2)C3)C(=O)N1c1cncc2ccccc12. The highest BCUT2D eigenvalue weighted by Gasteiger charge is 2.81. The normalized spacial score (nSPS) is 32.2. The monoisotopic (exact) mass is 372 g/mol. The van der Waals surface area contributed by atoms with Crippen molar-refractivity contribution in [1.29, 1.82) is 0 Å². The third-order valence-corrected chi connectivity index (χ3v) is 6.31. The minimum Gasteiger partial charge on any atom is -0.308 e. The molecule has 1 aromatic carbocycles. The van der Waals surface area contributed by atoms with Crippen LogP contribution in [0.15, 0.2) is 36.7 Å². The van der Waals surface area contributed by atoms with Crippen molar-refractivity contribution in [3.63, 3.8) is 0 Å². The Bertz CT molecular complexity index is 987. The summed E-state index contributed by atoms with van der Waals surface area (Å²) in [6.45, 7) is 7.63. The lowest BCUT2D eigenvalue weighted by Gasteiger charge is -2.72. The van der Waals surface area contributed by atoms with Crippen LogP contribution in [0.4, 0.5) is 23.7 Å². The van der Waals surface area contributed by atoms with Crippen LogP contribution in [0.3, 0.4) is 0 Å². The molecule has 1 aromatic heterocycles.